The second-order valence-corrected chi connectivity index (χ2v) is 4.58. The summed E-state index contributed by atoms with van der Waals surface area (Å²) in [6.07, 6.45) is -0.666. The van der Waals surface area contributed by atoms with Crippen LogP contribution in [0.15, 0.2) is 12.2 Å². The molecule has 0 bridgehead atoms. The van der Waals surface area contributed by atoms with Crippen LogP contribution in [0, 0.1) is 5.92 Å². The average molecular weight is 178 g/mol. The molecule has 0 amide bonds. The Morgan fingerprint density at radius 1 is 1.73 bits per heavy atom. The molecule has 4 nitrogen and oxygen atoms in total. The van der Waals surface area contributed by atoms with Crippen LogP contribution in [0.3, 0.4) is 0 Å². The molecule has 64 valence electrons. The van der Waals surface area contributed by atoms with Gasteiger partial charge in [-0.1, -0.05) is 12.2 Å². The molecule has 0 unspecified atom stereocenters. The number of aliphatic hydroxyl groups is 1. The van der Waals surface area contributed by atoms with Gasteiger partial charge in [0.25, 0.3) is 0 Å². The highest BCUT2D eigenvalue weighted by Crippen LogP contribution is 2.44. The molecule has 11 heavy (non-hydrogen) atoms. The molecule has 0 aliphatic heterocycles. The third-order valence-corrected chi connectivity index (χ3v) is 2.59. The molecular formula is C6H11O4P. The zero-order chi connectivity index (χ0) is 8.65. The molecule has 0 radical (unpaired) electrons. The summed E-state index contributed by atoms with van der Waals surface area (Å²) in [7, 11) is -4.05. The van der Waals surface area contributed by atoms with Crippen LogP contribution in [0.4, 0.5) is 0 Å². The lowest BCUT2D eigenvalue weighted by atomic mass is 10.2. The van der Waals surface area contributed by atoms with Crippen molar-refractivity contribution in [2.45, 2.75) is 12.5 Å². The van der Waals surface area contributed by atoms with Crippen molar-refractivity contribution in [3.8, 4) is 0 Å². The molecule has 0 saturated heterocycles. The van der Waals surface area contributed by atoms with E-state index in [4.69, 9.17) is 14.9 Å². The fraction of sp³-hybridized carbons (Fsp3) is 0.667. The second-order valence-electron chi connectivity index (χ2n) is 2.88. The first kappa shape index (κ1) is 8.94. The molecule has 0 spiro atoms. The van der Waals surface area contributed by atoms with E-state index in [2.05, 4.69) is 6.58 Å². The topological polar surface area (TPSA) is 77.8 Å². The van der Waals surface area contributed by atoms with E-state index in [1.165, 1.54) is 0 Å². The van der Waals surface area contributed by atoms with Gasteiger partial charge in [-0.25, -0.2) is 0 Å². The van der Waals surface area contributed by atoms with Crippen molar-refractivity contribution in [3.63, 3.8) is 0 Å². The average Bonchev–Trinajstić information content (AvgIpc) is 2.41. The van der Waals surface area contributed by atoms with E-state index in [-0.39, 0.29) is 5.92 Å². The molecule has 2 atom stereocenters. The Kier molecular flexibility index (Phi) is 2.21. The van der Waals surface area contributed by atoms with Gasteiger partial charge in [0, 0.05) is 5.92 Å². The van der Waals surface area contributed by atoms with Crippen LogP contribution in [-0.2, 0) is 4.57 Å². The zero-order valence-corrected chi connectivity index (χ0v) is 6.87. The molecule has 1 aliphatic carbocycles. The van der Waals surface area contributed by atoms with Gasteiger partial charge >= 0.3 is 7.60 Å². The summed E-state index contributed by atoms with van der Waals surface area (Å²) in [6, 6.07) is 0. The van der Waals surface area contributed by atoms with Crippen molar-refractivity contribution < 1.29 is 19.5 Å². The first-order chi connectivity index (χ1) is 4.90. The lowest BCUT2D eigenvalue weighted by Gasteiger charge is -2.08. The number of rotatable bonds is 3. The normalized spacial score (nSPS) is 26.8. The Labute approximate surface area is 64.7 Å². The predicted octanol–water partition coefficient (Wildman–Crippen LogP) is 0.101. The van der Waals surface area contributed by atoms with Crippen molar-refractivity contribution in [3.05, 3.63) is 12.2 Å². The molecule has 0 heterocycles. The third kappa shape index (κ3) is 2.75. The molecule has 1 aliphatic rings. The Morgan fingerprint density at radius 3 is 2.45 bits per heavy atom. The van der Waals surface area contributed by atoms with E-state index in [9.17, 15) is 4.57 Å². The molecule has 0 aromatic heterocycles. The van der Waals surface area contributed by atoms with Gasteiger partial charge in [0.15, 0.2) is 0 Å². The Morgan fingerprint density at radius 2 is 2.18 bits per heavy atom. The van der Waals surface area contributed by atoms with Gasteiger partial charge in [0.2, 0.25) is 0 Å². The summed E-state index contributed by atoms with van der Waals surface area (Å²) in [6.45, 7) is 3.59. The maximum atomic E-state index is 10.4. The monoisotopic (exact) mass is 178 g/mol. The largest absolute Gasteiger partial charge is 0.392 e. The fourth-order valence-corrected chi connectivity index (χ4v) is 1.74. The zero-order valence-electron chi connectivity index (χ0n) is 5.97. The van der Waals surface area contributed by atoms with Crippen LogP contribution in [-0.4, -0.2) is 27.2 Å². The summed E-state index contributed by atoms with van der Waals surface area (Å²) < 4.78 is 10.4. The van der Waals surface area contributed by atoms with Crippen LogP contribution in [0.5, 0.6) is 0 Å². The Bertz CT molecular complexity index is 219. The van der Waals surface area contributed by atoms with Gasteiger partial charge in [-0.3, -0.25) is 4.57 Å². The maximum Gasteiger partial charge on any atom is 0.328 e. The molecule has 1 fully saturated rings. The van der Waals surface area contributed by atoms with Gasteiger partial charge in [-0.2, -0.15) is 0 Å². The molecule has 3 N–H and O–H groups in total. The van der Waals surface area contributed by atoms with Crippen LogP contribution >= 0.6 is 7.60 Å². The minimum Gasteiger partial charge on any atom is -0.392 e. The molecule has 1 saturated carbocycles. The van der Waals surface area contributed by atoms with E-state index >= 15 is 0 Å². The smallest absolute Gasteiger partial charge is 0.328 e. The maximum absolute atomic E-state index is 10.4. The van der Waals surface area contributed by atoms with Crippen LogP contribution < -0.4 is 0 Å². The number of hydrogen-bond acceptors (Lipinski definition) is 2. The van der Waals surface area contributed by atoms with Crippen LogP contribution in [0.1, 0.15) is 6.42 Å². The van der Waals surface area contributed by atoms with Crippen molar-refractivity contribution in [1.82, 2.24) is 0 Å². The summed E-state index contributed by atoms with van der Waals surface area (Å²) in [5, 5.41) is 9.14. The van der Waals surface area contributed by atoms with Crippen molar-refractivity contribution in [1.29, 1.82) is 0 Å². The van der Waals surface area contributed by atoms with Crippen molar-refractivity contribution >= 4 is 7.60 Å². The molecule has 5 heteroatoms. The first-order valence-electron chi connectivity index (χ1n) is 3.30. The Balaban J connectivity index is 2.38. The van der Waals surface area contributed by atoms with E-state index in [0.29, 0.717) is 6.42 Å². The highest BCUT2D eigenvalue weighted by atomic mass is 31.2. The Hall–Kier alpha value is -0.150. The van der Waals surface area contributed by atoms with Gasteiger partial charge in [-0.15, -0.1) is 0 Å². The second kappa shape index (κ2) is 2.72. The van der Waals surface area contributed by atoms with E-state index in [0.717, 1.165) is 5.57 Å². The van der Waals surface area contributed by atoms with E-state index < -0.39 is 19.9 Å². The van der Waals surface area contributed by atoms with Crippen LogP contribution in [0.25, 0.3) is 0 Å². The summed E-state index contributed by atoms with van der Waals surface area (Å²) in [5.41, 5.74) is 0.881. The van der Waals surface area contributed by atoms with E-state index in [1.807, 2.05) is 0 Å². The predicted molar refractivity (Wildman–Crippen MR) is 40.2 cm³/mol. The van der Waals surface area contributed by atoms with Gasteiger partial charge in [-0.05, 0) is 6.42 Å². The molecule has 0 aromatic carbocycles. The van der Waals surface area contributed by atoms with Crippen molar-refractivity contribution in [2.75, 3.05) is 6.16 Å². The lowest BCUT2D eigenvalue weighted by molar-refractivity contribution is 0.171. The highest BCUT2D eigenvalue weighted by molar-refractivity contribution is 7.51. The minimum absolute atomic E-state index is 0.0809. The summed E-state index contributed by atoms with van der Waals surface area (Å²) >= 11 is 0. The lowest BCUT2D eigenvalue weighted by Crippen LogP contribution is -2.14. The van der Waals surface area contributed by atoms with Gasteiger partial charge in [0.1, 0.15) is 0 Å². The van der Waals surface area contributed by atoms with E-state index in [1.54, 1.807) is 0 Å². The van der Waals surface area contributed by atoms with Crippen molar-refractivity contribution in [2.24, 2.45) is 5.92 Å². The molecule has 1 rings (SSSR count). The summed E-state index contributed by atoms with van der Waals surface area (Å²) in [4.78, 5) is 16.9. The number of hydrogen-bond donors (Lipinski definition) is 3. The molecular weight excluding hydrogens is 167 g/mol. The summed E-state index contributed by atoms with van der Waals surface area (Å²) in [5.74, 6) is -0.0809. The standard InChI is InChI=1S/C6H11O4P/c1-4-2-5(4)6(7)3-11(8,9)10/h5-7H,1-3H2,(H2,8,9,10)/t5-,6+/m0/s1. The SMILES string of the molecule is C=C1C[C@@H]1[C@H](O)CP(=O)(O)O. The van der Waals surface area contributed by atoms with Gasteiger partial charge in [0.05, 0.1) is 12.3 Å². The quantitative estimate of drug-likeness (QED) is 0.423. The minimum atomic E-state index is -4.05. The molecule has 0 aromatic rings. The first-order valence-corrected chi connectivity index (χ1v) is 5.10. The fourth-order valence-electron chi connectivity index (χ4n) is 1.00. The highest BCUT2D eigenvalue weighted by Gasteiger charge is 2.37. The number of aliphatic hydroxyl groups excluding tert-OH is 1. The third-order valence-electron chi connectivity index (χ3n) is 1.74. The van der Waals surface area contributed by atoms with Crippen LogP contribution in [0.2, 0.25) is 0 Å². The van der Waals surface area contributed by atoms with Gasteiger partial charge < -0.3 is 14.9 Å².